The van der Waals surface area contributed by atoms with E-state index in [1.165, 1.54) is 0 Å². The summed E-state index contributed by atoms with van der Waals surface area (Å²) >= 11 is 0. The second kappa shape index (κ2) is 8.14. The quantitative estimate of drug-likeness (QED) is 0.674. The number of aliphatic carboxylic acids is 1. The molecule has 3 N–H and O–H groups in total. The smallest absolute Gasteiger partial charge is 0.321 e. The van der Waals surface area contributed by atoms with Gasteiger partial charge in [-0.15, -0.1) is 0 Å². The Morgan fingerprint density at radius 1 is 1.29 bits per heavy atom. The summed E-state index contributed by atoms with van der Waals surface area (Å²) in [4.78, 5) is 24.1. The Bertz CT molecular complexity index is 502. The number of aryl methyl sites for hydroxylation is 1. The normalized spacial score (nSPS) is 10.2. The van der Waals surface area contributed by atoms with E-state index in [-0.39, 0.29) is 18.2 Å². The lowest BCUT2D eigenvalue weighted by Gasteiger charge is -2.23. The predicted octanol–water partition coefficient (Wildman–Crippen LogP) is 2.49. The number of urea groups is 1. The van der Waals surface area contributed by atoms with Gasteiger partial charge in [-0.05, 0) is 38.3 Å². The Balaban J connectivity index is 2.57. The van der Waals surface area contributed by atoms with Gasteiger partial charge in [-0.1, -0.05) is 6.07 Å². The number of phenolic OH excluding ortho intramolecular Hbond substituents is 1. The molecule has 0 saturated heterocycles. The molecule has 1 aromatic carbocycles. The van der Waals surface area contributed by atoms with Gasteiger partial charge in [0.15, 0.2) is 0 Å². The maximum atomic E-state index is 12.2. The van der Waals surface area contributed by atoms with Crippen LogP contribution in [0.25, 0.3) is 0 Å². The standard InChI is InChI=1S/C15H22N2O4/c1-3-17(13-10-12(18)8-7-11(13)2)15(21)16-9-5-4-6-14(19)20/h7-8,10,18H,3-6,9H2,1-2H3,(H,16,21)(H,19,20). The molecule has 0 aliphatic carbocycles. The highest BCUT2D eigenvalue weighted by molar-refractivity contribution is 5.92. The molecule has 1 aromatic rings. The van der Waals surface area contributed by atoms with Gasteiger partial charge in [-0.3, -0.25) is 9.69 Å². The number of nitrogens with zero attached hydrogens (tertiary/aromatic N) is 1. The van der Waals surface area contributed by atoms with Crippen LogP contribution in [0, 0.1) is 6.92 Å². The van der Waals surface area contributed by atoms with Crippen molar-refractivity contribution in [3.05, 3.63) is 23.8 Å². The van der Waals surface area contributed by atoms with E-state index in [1.807, 2.05) is 13.8 Å². The minimum atomic E-state index is -0.827. The summed E-state index contributed by atoms with van der Waals surface area (Å²) in [5.74, 6) is -0.713. The zero-order chi connectivity index (χ0) is 15.8. The Morgan fingerprint density at radius 3 is 2.62 bits per heavy atom. The van der Waals surface area contributed by atoms with Crippen molar-refractivity contribution >= 4 is 17.7 Å². The summed E-state index contributed by atoms with van der Waals surface area (Å²) in [6, 6.07) is 4.65. The third kappa shape index (κ3) is 5.33. The molecule has 0 aliphatic rings. The van der Waals surface area contributed by atoms with Gasteiger partial charge in [-0.25, -0.2) is 4.79 Å². The molecule has 6 nitrogen and oxygen atoms in total. The zero-order valence-electron chi connectivity index (χ0n) is 12.4. The van der Waals surface area contributed by atoms with E-state index < -0.39 is 5.97 Å². The monoisotopic (exact) mass is 294 g/mol. The second-order valence-electron chi connectivity index (χ2n) is 4.80. The number of nitrogens with one attached hydrogen (secondary N) is 1. The molecular weight excluding hydrogens is 272 g/mol. The maximum absolute atomic E-state index is 12.2. The van der Waals surface area contributed by atoms with Gasteiger partial charge in [0.25, 0.3) is 0 Å². The average molecular weight is 294 g/mol. The molecule has 0 spiro atoms. The van der Waals surface area contributed by atoms with Crippen LogP contribution in [0.1, 0.15) is 31.7 Å². The molecule has 0 fully saturated rings. The molecule has 0 atom stereocenters. The number of phenols is 1. The zero-order valence-corrected chi connectivity index (χ0v) is 12.4. The number of benzene rings is 1. The van der Waals surface area contributed by atoms with E-state index in [0.717, 1.165) is 5.56 Å². The molecule has 0 aliphatic heterocycles. The van der Waals surface area contributed by atoms with Gasteiger partial charge in [0, 0.05) is 25.6 Å². The van der Waals surface area contributed by atoms with E-state index in [2.05, 4.69) is 5.32 Å². The molecule has 0 aromatic heterocycles. The van der Waals surface area contributed by atoms with Crippen molar-refractivity contribution in [2.24, 2.45) is 0 Å². The average Bonchev–Trinajstić information content (AvgIpc) is 2.42. The fraction of sp³-hybridized carbons (Fsp3) is 0.467. The first kappa shape index (κ1) is 16.8. The Kier molecular flexibility index (Phi) is 6.52. The molecule has 116 valence electrons. The first-order valence-electron chi connectivity index (χ1n) is 7.02. The van der Waals surface area contributed by atoms with Gasteiger partial charge in [0.05, 0.1) is 5.69 Å². The summed E-state index contributed by atoms with van der Waals surface area (Å²) in [5, 5.41) is 20.8. The number of amides is 2. The third-order valence-corrected chi connectivity index (χ3v) is 3.14. The SMILES string of the molecule is CCN(C(=O)NCCCCC(=O)O)c1cc(O)ccc1C. The first-order valence-corrected chi connectivity index (χ1v) is 7.02. The fourth-order valence-corrected chi connectivity index (χ4v) is 2.00. The molecule has 1 rings (SSSR count). The fourth-order valence-electron chi connectivity index (χ4n) is 2.00. The molecule has 2 amide bonds. The van der Waals surface area contributed by atoms with Crippen molar-refractivity contribution < 1.29 is 19.8 Å². The van der Waals surface area contributed by atoms with E-state index in [0.29, 0.717) is 31.6 Å². The van der Waals surface area contributed by atoms with E-state index >= 15 is 0 Å². The van der Waals surface area contributed by atoms with Crippen LogP contribution in [0.5, 0.6) is 5.75 Å². The Hall–Kier alpha value is -2.24. The number of rotatable bonds is 7. The van der Waals surface area contributed by atoms with Gasteiger partial charge in [-0.2, -0.15) is 0 Å². The lowest BCUT2D eigenvalue weighted by atomic mass is 10.1. The maximum Gasteiger partial charge on any atom is 0.321 e. The molecular formula is C15H22N2O4. The third-order valence-electron chi connectivity index (χ3n) is 3.14. The number of anilines is 1. The second-order valence-corrected chi connectivity index (χ2v) is 4.80. The van der Waals surface area contributed by atoms with Crippen molar-refractivity contribution in [1.82, 2.24) is 5.32 Å². The molecule has 0 bridgehead atoms. The number of aromatic hydroxyl groups is 1. The van der Waals surface area contributed by atoms with Gasteiger partial charge < -0.3 is 15.5 Å². The highest BCUT2D eigenvalue weighted by Crippen LogP contribution is 2.24. The van der Waals surface area contributed by atoms with Crippen LogP contribution in [-0.4, -0.2) is 35.3 Å². The minimum Gasteiger partial charge on any atom is -0.508 e. The van der Waals surface area contributed by atoms with Crippen molar-refractivity contribution in [3.8, 4) is 5.75 Å². The van der Waals surface area contributed by atoms with Crippen LogP contribution in [0.2, 0.25) is 0 Å². The van der Waals surface area contributed by atoms with Crippen molar-refractivity contribution in [1.29, 1.82) is 0 Å². The topological polar surface area (TPSA) is 89.9 Å². The van der Waals surface area contributed by atoms with Crippen LogP contribution < -0.4 is 10.2 Å². The number of carboxylic acids is 1. The molecule has 0 radical (unpaired) electrons. The Morgan fingerprint density at radius 2 is 2.00 bits per heavy atom. The summed E-state index contributed by atoms with van der Waals surface area (Å²) in [6.07, 6.45) is 1.26. The van der Waals surface area contributed by atoms with E-state index in [9.17, 15) is 14.7 Å². The van der Waals surface area contributed by atoms with Gasteiger partial charge in [0.1, 0.15) is 5.75 Å². The molecule has 0 heterocycles. The molecule has 21 heavy (non-hydrogen) atoms. The van der Waals surface area contributed by atoms with Crippen LogP contribution in [0.3, 0.4) is 0 Å². The van der Waals surface area contributed by atoms with Crippen LogP contribution in [0.15, 0.2) is 18.2 Å². The van der Waals surface area contributed by atoms with E-state index in [1.54, 1.807) is 23.1 Å². The van der Waals surface area contributed by atoms with Crippen LogP contribution in [0.4, 0.5) is 10.5 Å². The van der Waals surface area contributed by atoms with E-state index in [4.69, 9.17) is 5.11 Å². The summed E-state index contributed by atoms with van der Waals surface area (Å²) in [6.45, 7) is 4.64. The predicted molar refractivity (Wildman–Crippen MR) is 80.7 cm³/mol. The van der Waals surface area contributed by atoms with Gasteiger partial charge in [0.2, 0.25) is 0 Å². The summed E-state index contributed by atoms with van der Waals surface area (Å²) < 4.78 is 0. The van der Waals surface area contributed by atoms with Crippen molar-refractivity contribution in [2.45, 2.75) is 33.1 Å². The van der Waals surface area contributed by atoms with Crippen molar-refractivity contribution in [2.75, 3.05) is 18.0 Å². The van der Waals surface area contributed by atoms with Gasteiger partial charge >= 0.3 is 12.0 Å². The van der Waals surface area contributed by atoms with Crippen LogP contribution in [-0.2, 0) is 4.79 Å². The number of carbonyl (C=O) groups is 2. The van der Waals surface area contributed by atoms with Crippen molar-refractivity contribution in [3.63, 3.8) is 0 Å². The first-order chi connectivity index (χ1) is 9.95. The Labute approximate surface area is 124 Å². The number of unbranched alkanes of at least 4 members (excludes halogenated alkanes) is 1. The highest BCUT2D eigenvalue weighted by atomic mass is 16.4. The molecule has 0 saturated carbocycles. The minimum absolute atomic E-state index is 0.110. The number of carboxylic acid groups (broad SMARTS) is 1. The molecule has 0 unspecified atom stereocenters. The lowest BCUT2D eigenvalue weighted by Crippen LogP contribution is -2.40. The van der Waals surface area contributed by atoms with Crippen LogP contribution >= 0.6 is 0 Å². The summed E-state index contributed by atoms with van der Waals surface area (Å²) in [5.41, 5.74) is 1.57. The number of hydrogen-bond donors (Lipinski definition) is 3. The number of hydrogen-bond acceptors (Lipinski definition) is 3. The molecule has 6 heteroatoms. The lowest BCUT2D eigenvalue weighted by molar-refractivity contribution is -0.137. The highest BCUT2D eigenvalue weighted by Gasteiger charge is 2.15. The largest absolute Gasteiger partial charge is 0.508 e. The number of carbonyl (C=O) groups excluding carboxylic acids is 1. The summed E-state index contributed by atoms with van der Waals surface area (Å²) in [7, 11) is 0.